The van der Waals surface area contributed by atoms with Crippen LogP contribution < -0.4 is 5.32 Å². The van der Waals surface area contributed by atoms with E-state index in [0.29, 0.717) is 5.54 Å². The average molecular weight is 252 g/mol. The van der Waals surface area contributed by atoms with Gasteiger partial charge in [0.1, 0.15) is 0 Å². The Morgan fingerprint density at radius 3 is 2.56 bits per heavy atom. The van der Waals surface area contributed by atoms with Crippen LogP contribution in [0.4, 0.5) is 0 Å². The SMILES string of the molecule is CNC1(CCN2CCCC(C)CC2)CCCCC1. The summed E-state index contributed by atoms with van der Waals surface area (Å²) in [7, 11) is 2.18. The third kappa shape index (κ3) is 3.96. The first-order chi connectivity index (χ1) is 8.74. The van der Waals surface area contributed by atoms with Gasteiger partial charge in [-0.15, -0.1) is 0 Å². The van der Waals surface area contributed by atoms with E-state index in [1.807, 2.05) is 0 Å². The molecule has 0 aromatic heterocycles. The minimum absolute atomic E-state index is 0.468. The normalized spacial score (nSPS) is 30.0. The summed E-state index contributed by atoms with van der Waals surface area (Å²) in [5.74, 6) is 0.947. The summed E-state index contributed by atoms with van der Waals surface area (Å²) in [6.07, 6.45) is 12.7. The van der Waals surface area contributed by atoms with Gasteiger partial charge in [-0.3, -0.25) is 0 Å². The van der Waals surface area contributed by atoms with Crippen LogP contribution in [-0.4, -0.2) is 37.1 Å². The molecule has 1 aliphatic heterocycles. The smallest absolute Gasteiger partial charge is 0.0190 e. The minimum Gasteiger partial charge on any atom is -0.314 e. The van der Waals surface area contributed by atoms with Gasteiger partial charge in [-0.25, -0.2) is 0 Å². The molecule has 1 saturated carbocycles. The molecule has 0 amide bonds. The van der Waals surface area contributed by atoms with Gasteiger partial charge in [0.2, 0.25) is 0 Å². The lowest BCUT2D eigenvalue weighted by molar-refractivity contribution is 0.184. The fourth-order valence-electron chi connectivity index (χ4n) is 3.77. The quantitative estimate of drug-likeness (QED) is 0.825. The molecule has 18 heavy (non-hydrogen) atoms. The maximum atomic E-state index is 3.65. The van der Waals surface area contributed by atoms with Crippen molar-refractivity contribution in [1.82, 2.24) is 10.2 Å². The molecule has 1 N–H and O–H groups in total. The number of nitrogens with zero attached hydrogens (tertiary/aromatic N) is 1. The molecular weight excluding hydrogens is 220 g/mol. The maximum absolute atomic E-state index is 3.65. The Morgan fingerprint density at radius 2 is 1.83 bits per heavy atom. The lowest BCUT2D eigenvalue weighted by Gasteiger charge is -2.38. The first kappa shape index (κ1) is 14.3. The number of rotatable bonds is 4. The Balaban J connectivity index is 1.78. The second-order valence-corrected chi connectivity index (χ2v) is 6.72. The van der Waals surface area contributed by atoms with E-state index >= 15 is 0 Å². The summed E-state index contributed by atoms with van der Waals surface area (Å²) < 4.78 is 0. The highest BCUT2D eigenvalue weighted by molar-refractivity contribution is 4.90. The van der Waals surface area contributed by atoms with Gasteiger partial charge in [0.05, 0.1) is 0 Å². The van der Waals surface area contributed by atoms with Crippen LogP contribution in [0.25, 0.3) is 0 Å². The molecule has 1 saturated heterocycles. The molecule has 2 aliphatic rings. The van der Waals surface area contributed by atoms with Crippen molar-refractivity contribution in [3.05, 3.63) is 0 Å². The van der Waals surface area contributed by atoms with Gasteiger partial charge >= 0.3 is 0 Å². The largest absolute Gasteiger partial charge is 0.314 e. The Morgan fingerprint density at radius 1 is 1.06 bits per heavy atom. The van der Waals surface area contributed by atoms with E-state index in [0.717, 1.165) is 5.92 Å². The van der Waals surface area contributed by atoms with Crippen molar-refractivity contribution >= 4 is 0 Å². The van der Waals surface area contributed by atoms with Crippen LogP contribution in [-0.2, 0) is 0 Å². The monoisotopic (exact) mass is 252 g/mol. The van der Waals surface area contributed by atoms with Gasteiger partial charge in [-0.2, -0.15) is 0 Å². The highest BCUT2D eigenvalue weighted by atomic mass is 15.1. The molecule has 2 fully saturated rings. The van der Waals surface area contributed by atoms with Crippen LogP contribution >= 0.6 is 0 Å². The number of hydrogen-bond acceptors (Lipinski definition) is 2. The predicted octanol–water partition coefficient (Wildman–Crippen LogP) is 3.42. The zero-order valence-corrected chi connectivity index (χ0v) is 12.5. The van der Waals surface area contributed by atoms with Gasteiger partial charge in [0.15, 0.2) is 0 Å². The van der Waals surface area contributed by atoms with Crippen molar-refractivity contribution in [3.63, 3.8) is 0 Å². The van der Waals surface area contributed by atoms with Crippen LogP contribution in [0.15, 0.2) is 0 Å². The van der Waals surface area contributed by atoms with E-state index in [1.165, 1.54) is 77.4 Å². The first-order valence-electron chi connectivity index (χ1n) is 8.15. The molecule has 2 heteroatoms. The lowest BCUT2D eigenvalue weighted by atomic mass is 9.79. The summed E-state index contributed by atoms with van der Waals surface area (Å²) in [5, 5.41) is 3.65. The van der Waals surface area contributed by atoms with E-state index in [1.54, 1.807) is 0 Å². The molecule has 1 unspecified atom stereocenters. The fourth-order valence-corrected chi connectivity index (χ4v) is 3.77. The van der Waals surface area contributed by atoms with Crippen LogP contribution in [0.2, 0.25) is 0 Å². The Labute approximate surface area is 114 Å². The average Bonchev–Trinajstić information content (AvgIpc) is 2.62. The Bertz CT molecular complexity index is 233. The third-order valence-electron chi connectivity index (χ3n) is 5.36. The van der Waals surface area contributed by atoms with E-state index in [9.17, 15) is 0 Å². The summed E-state index contributed by atoms with van der Waals surface area (Å²) >= 11 is 0. The zero-order chi connectivity index (χ0) is 12.8. The van der Waals surface area contributed by atoms with Gasteiger partial charge in [-0.05, 0) is 71.1 Å². The molecule has 0 aromatic rings. The number of hydrogen-bond donors (Lipinski definition) is 1. The maximum Gasteiger partial charge on any atom is 0.0190 e. The standard InChI is InChI=1S/C16H32N2/c1-15-7-6-12-18(13-8-15)14-11-16(17-2)9-4-3-5-10-16/h15,17H,3-14H2,1-2H3. The van der Waals surface area contributed by atoms with Crippen LogP contribution in [0.3, 0.4) is 0 Å². The molecule has 0 radical (unpaired) electrons. The highest BCUT2D eigenvalue weighted by Gasteiger charge is 2.30. The highest BCUT2D eigenvalue weighted by Crippen LogP contribution is 2.31. The van der Waals surface area contributed by atoms with Crippen molar-refractivity contribution < 1.29 is 0 Å². The zero-order valence-electron chi connectivity index (χ0n) is 12.5. The second-order valence-electron chi connectivity index (χ2n) is 6.72. The molecule has 0 aromatic carbocycles. The summed E-state index contributed by atoms with van der Waals surface area (Å²) in [5.41, 5.74) is 0.468. The van der Waals surface area contributed by atoms with E-state index in [2.05, 4.69) is 24.2 Å². The van der Waals surface area contributed by atoms with Crippen molar-refractivity contribution in [2.24, 2.45) is 5.92 Å². The van der Waals surface area contributed by atoms with Gasteiger partial charge in [0.25, 0.3) is 0 Å². The van der Waals surface area contributed by atoms with Gasteiger partial charge in [0, 0.05) is 5.54 Å². The predicted molar refractivity (Wildman–Crippen MR) is 78.9 cm³/mol. The van der Waals surface area contributed by atoms with Crippen molar-refractivity contribution in [3.8, 4) is 0 Å². The summed E-state index contributed by atoms with van der Waals surface area (Å²) in [4.78, 5) is 2.72. The van der Waals surface area contributed by atoms with Gasteiger partial charge < -0.3 is 10.2 Å². The number of likely N-dealkylation sites (tertiary alicyclic amines) is 1. The molecule has 2 nitrogen and oxygen atoms in total. The van der Waals surface area contributed by atoms with Gasteiger partial charge in [-0.1, -0.05) is 26.2 Å². The fraction of sp³-hybridized carbons (Fsp3) is 1.00. The van der Waals surface area contributed by atoms with E-state index in [-0.39, 0.29) is 0 Å². The summed E-state index contributed by atoms with van der Waals surface area (Å²) in [6.45, 7) is 6.40. The molecule has 0 bridgehead atoms. The Hall–Kier alpha value is -0.0800. The third-order valence-corrected chi connectivity index (χ3v) is 5.36. The van der Waals surface area contributed by atoms with Crippen molar-refractivity contribution in [1.29, 1.82) is 0 Å². The van der Waals surface area contributed by atoms with Crippen LogP contribution in [0.1, 0.15) is 64.7 Å². The molecule has 1 aliphatic carbocycles. The molecular formula is C16H32N2. The van der Waals surface area contributed by atoms with Crippen LogP contribution in [0.5, 0.6) is 0 Å². The molecule has 1 atom stereocenters. The van der Waals surface area contributed by atoms with Crippen molar-refractivity contribution in [2.75, 3.05) is 26.7 Å². The topological polar surface area (TPSA) is 15.3 Å². The second kappa shape index (κ2) is 6.91. The molecule has 0 spiro atoms. The lowest BCUT2D eigenvalue weighted by Crippen LogP contribution is -2.47. The number of nitrogens with one attached hydrogen (secondary N) is 1. The minimum atomic E-state index is 0.468. The Kier molecular flexibility index (Phi) is 5.50. The molecule has 1 heterocycles. The van der Waals surface area contributed by atoms with E-state index in [4.69, 9.17) is 0 Å². The van der Waals surface area contributed by atoms with Crippen molar-refractivity contribution in [2.45, 2.75) is 70.3 Å². The first-order valence-corrected chi connectivity index (χ1v) is 8.15. The van der Waals surface area contributed by atoms with Crippen LogP contribution in [0, 0.1) is 5.92 Å². The summed E-state index contributed by atoms with van der Waals surface area (Å²) in [6, 6.07) is 0. The van der Waals surface area contributed by atoms with E-state index < -0.39 is 0 Å². The molecule has 106 valence electrons. The molecule has 2 rings (SSSR count).